The van der Waals surface area contributed by atoms with E-state index in [9.17, 15) is 14.0 Å². The minimum atomic E-state index is -0.560. The van der Waals surface area contributed by atoms with Crippen LogP contribution in [-0.4, -0.2) is 39.2 Å². The lowest BCUT2D eigenvalue weighted by Gasteiger charge is -2.24. The number of imidazole rings is 1. The quantitative estimate of drug-likeness (QED) is 0.798. The summed E-state index contributed by atoms with van der Waals surface area (Å²) in [5, 5.41) is 0. The van der Waals surface area contributed by atoms with Crippen molar-refractivity contribution < 1.29 is 13.9 Å². The van der Waals surface area contributed by atoms with Crippen molar-refractivity contribution in [2.45, 2.75) is 38.8 Å². The van der Waals surface area contributed by atoms with Gasteiger partial charge in [-0.2, -0.15) is 0 Å². The zero-order valence-electron chi connectivity index (χ0n) is 13.7. The van der Waals surface area contributed by atoms with E-state index in [1.807, 2.05) is 20.8 Å². The molecule has 0 spiro atoms. The van der Waals surface area contributed by atoms with E-state index in [0.717, 1.165) is 0 Å². The van der Waals surface area contributed by atoms with Crippen LogP contribution in [0.15, 0.2) is 21.4 Å². The van der Waals surface area contributed by atoms with Gasteiger partial charge in [-0.1, -0.05) is 0 Å². The SMILES string of the molecule is CC(C)(C)OC(=O)N1CCC(n2c(=O)[nH]c3cc(F)c(Br)cc32)C1. The van der Waals surface area contributed by atoms with Crippen LogP contribution in [0, 0.1) is 5.82 Å². The Bertz CT molecular complexity index is 853. The van der Waals surface area contributed by atoms with Crippen LogP contribution in [0.3, 0.4) is 0 Å². The second-order valence-corrected chi connectivity index (χ2v) is 7.81. The number of carbonyl (C=O) groups is 1. The predicted octanol–water partition coefficient (Wildman–Crippen LogP) is 3.41. The number of aromatic amines is 1. The summed E-state index contributed by atoms with van der Waals surface area (Å²) >= 11 is 3.15. The molecule has 1 aliphatic rings. The largest absolute Gasteiger partial charge is 0.444 e. The maximum Gasteiger partial charge on any atom is 0.410 e. The van der Waals surface area contributed by atoms with Gasteiger partial charge in [0.2, 0.25) is 0 Å². The van der Waals surface area contributed by atoms with E-state index in [-0.39, 0.29) is 17.8 Å². The van der Waals surface area contributed by atoms with E-state index in [1.165, 1.54) is 6.07 Å². The van der Waals surface area contributed by atoms with Crippen molar-refractivity contribution in [3.05, 3.63) is 32.9 Å². The fourth-order valence-corrected chi connectivity index (χ4v) is 3.26. The smallest absolute Gasteiger partial charge is 0.410 e. The van der Waals surface area contributed by atoms with Crippen LogP contribution in [-0.2, 0) is 4.74 Å². The van der Waals surface area contributed by atoms with Gasteiger partial charge >= 0.3 is 11.8 Å². The van der Waals surface area contributed by atoms with Gasteiger partial charge in [0, 0.05) is 19.2 Å². The number of nitrogens with one attached hydrogen (secondary N) is 1. The fraction of sp³-hybridized carbons (Fsp3) is 0.500. The highest BCUT2D eigenvalue weighted by Crippen LogP contribution is 2.28. The van der Waals surface area contributed by atoms with Crippen LogP contribution in [0.4, 0.5) is 9.18 Å². The second-order valence-electron chi connectivity index (χ2n) is 6.95. The number of halogens is 2. The van der Waals surface area contributed by atoms with Crippen LogP contribution >= 0.6 is 15.9 Å². The van der Waals surface area contributed by atoms with Gasteiger partial charge in [0.1, 0.15) is 11.4 Å². The predicted molar refractivity (Wildman–Crippen MR) is 91.7 cm³/mol. The topological polar surface area (TPSA) is 67.3 Å². The maximum atomic E-state index is 13.6. The molecule has 1 aromatic heterocycles. The van der Waals surface area contributed by atoms with E-state index < -0.39 is 11.4 Å². The summed E-state index contributed by atoms with van der Waals surface area (Å²) in [7, 11) is 0. The highest BCUT2D eigenvalue weighted by atomic mass is 79.9. The number of rotatable bonds is 1. The van der Waals surface area contributed by atoms with Crippen LogP contribution in [0.2, 0.25) is 0 Å². The molecular formula is C16H19BrFN3O3. The van der Waals surface area contributed by atoms with Crippen molar-refractivity contribution in [1.82, 2.24) is 14.5 Å². The number of amides is 1. The summed E-state index contributed by atoms with van der Waals surface area (Å²) in [5.41, 5.74) is 0.189. The Hall–Kier alpha value is -1.83. The first-order chi connectivity index (χ1) is 11.2. The second kappa shape index (κ2) is 5.91. The number of fused-ring (bicyclic) bond motifs is 1. The molecule has 0 saturated carbocycles. The van der Waals surface area contributed by atoms with Crippen molar-refractivity contribution >= 4 is 33.1 Å². The Morgan fingerprint density at radius 3 is 2.79 bits per heavy atom. The lowest BCUT2D eigenvalue weighted by molar-refractivity contribution is 0.0289. The number of benzene rings is 1. The van der Waals surface area contributed by atoms with Gasteiger partial charge in [0.25, 0.3) is 0 Å². The lowest BCUT2D eigenvalue weighted by atomic mass is 10.2. The molecule has 1 N–H and O–H groups in total. The lowest BCUT2D eigenvalue weighted by Crippen LogP contribution is -2.36. The average Bonchev–Trinajstić information content (AvgIpc) is 3.02. The highest BCUT2D eigenvalue weighted by Gasteiger charge is 2.32. The standard InChI is InChI=1S/C16H19BrFN3O3/c1-16(2,3)24-15(23)20-5-4-9(8-20)21-13-6-10(17)11(18)7-12(13)19-14(21)22/h6-7,9H,4-5,8H2,1-3H3,(H,19,22). The Morgan fingerprint density at radius 2 is 2.12 bits per heavy atom. The first kappa shape index (κ1) is 17.0. The van der Waals surface area contributed by atoms with Crippen molar-refractivity contribution in [3.63, 3.8) is 0 Å². The molecule has 130 valence electrons. The first-order valence-corrected chi connectivity index (χ1v) is 8.52. The van der Waals surface area contributed by atoms with Gasteiger partial charge in [0.05, 0.1) is 21.5 Å². The molecule has 1 aromatic carbocycles. The molecule has 0 aliphatic carbocycles. The molecule has 0 bridgehead atoms. The molecule has 24 heavy (non-hydrogen) atoms. The third-order valence-electron chi connectivity index (χ3n) is 3.94. The Kier molecular flexibility index (Phi) is 4.19. The molecule has 1 atom stereocenters. The number of likely N-dealkylation sites (tertiary alicyclic amines) is 1. The van der Waals surface area contributed by atoms with E-state index in [2.05, 4.69) is 20.9 Å². The summed E-state index contributed by atoms with van der Waals surface area (Å²) in [6.07, 6.45) is 0.256. The summed E-state index contributed by atoms with van der Waals surface area (Å²) in [4.78, 5) is 28.7. The number of nitrogens with zero attached hydrogens (tertiary/aromatic N) is 2. The maximum absolute atomic E-state index is 13.6. The third-order valence-corrected chi connectivity index (χ3v) is 4.55. The van der Waals surface area contributed by atoms with Gasteiger partial charge in [0.15, 0.2) is 0 Å². The molecule has 1 aliphatic heterocycles. The molecule has 1 fully saturated rings. The van der Waals surface area contributed by atoms with Gasteiger partial charge in [-0.05, 0) is 49.2 Å². The molecule has 8 heteroatoms. The van der Waals surface area contributed by atoms with Gasteiger partial charge < -0.3 is 14.6 Å². The van der Waals surface area contributed by atoms with Crippen molar-refractivity contribution in [1.29, 1.82) is 0 Å². The number of H-pyrrole nitrogens is 1. The Morgan fingerprint density at radius 1 is 1.42 bits per heavy atom. The molecule has 2 heterocycles. The fourth-order valence-electron chi connectivity index (χ4n) is 2.93. The molecule has 1 saturated heterocycles. The normalized spacial score (nSPS) is 18.4. The third kappa shape index (κ3) is 3.19. The molecule has 3 rings (SSSR count). The first-order valence-electron chi connectivity index (χ1n) is 7.73. The van der Waals surface area contributed by atoms with Crippen molar-refractivity contribution in [3.8, 4) is 0 Å². The van der Waals surface area contributed by atoms with Crippen LogP contribution in [0.5, 0.6) is 0 Å². The summed E-state index contributed by atoms with van der Waals surface area (Å²) in [6.45, 7) is 6.34. The molecule has 1 amide bonds. The van der Waals surface area contributed by atoms with Gasteiger partial charge in [-0.3, -0.25) is 4.57 Å². The number of hydrogen-bond donors (Lipinski definition) is 1. The van der Waals surface area contributed by atoms with Crippen LogP contribution < -0.4 is 5.69 Å². The molecule has 1 unspecified atom stereocenters. The van der Waals surface area contributed by atoms with E-state index in [4.69, 9.17) is 4.74 Å². The van der Waals surface area contributed by atoms with Crippen LogP contribution in [0.1, 0.15) is 33.2 Å². The molecule has 6 nitrogen and oxygen atoms in total. The highest BCUT2D eigenvalue weighted by molar-refractivity contribution is 9.10. The summed E-state index contributed by atoms with van der Waals surface area (Å²) in [6, 6.07) is 2.70. The minimum Gasteiger partial charge on any atom is -0.444 e. The summed E-state index contributed by atoms with van der Waals surface area (Å²) in [5.74, 6) is -0.433. The average molecular weight is 400 g/mol. The number of carbonyl (C=O) groups excluding carboxylic acids is 1. The number of ether oxygens (including phenoxy) is 1. The number of aromatic nitrogens is 2. The van der Waals surface area contributed by atoms with Crippen LogP contribution in [0.25, 0.3) is 11.0 Å². The molecule has 0 radical (unpaired) electrons. The Balaban J connectivity index is 1.88. The van der Waals surface area contributed by atoms with Gasteiger partial charge in [-0.15, -0.1) is 0 Å². The van der Waals surface area contributed by atoms with E-state index >= 15 is 0 Å². The Labute approximate surface area is 146 Å². The summed E-state index contributed by atoms with van der Waals surface area (Å²) < 4.78 is 20.9. The zero-order chi connectivity index (χ0) is 17.6. The molecular weight excluding hydrogens is 381 g/mol. The van der Waals surface area contributed by atoms with Crippen molar-refractivity contribution in [2.75, 3.05) is 13.1 Å². The van der Waals surface area contributed by atoms with Crippen molar-refractivity contribution in [2.24, 2.45) is 0 Å². The van der Waals surface area contributed by atoms with E-state index in [1.54, 1.807) is 15.5 Å². The number of hydrogen-bond acceptors (Lipinski definition) is 3. The minimum absolute atomic E-state index is 0.170. The monoisotopic (exact) mass is 399 g/mol. The van der Waals surface area contributed by atoms with E-state index in [0.29, 0.717) is 35.0 Å². The molecule has 2 aromatic rings. The van der Waals surface area contributed by atoms with Gasteiger partial charge in [-0.25, -0.2) is 14.0 Å². The zero-order valence-corrected chi connectivity index (χ0v) is 15.3.